The van der Waals surface area contributed by atoms with Crippen molar-refractivity contribution in [3.63, 3.8) is 0 Å². The molecule has 0 aliphatic rings. The molecule has 4 aromatic rings. The summed E-state index contributed by atoms with van der Waals surface area (Å²) < 4.78 is 32.0. The van der Waals surface area contributed by atoms with E-state index in [4.69, 9.17) is 0 Å². The van der Waals surface area contributed by atoms with Crippen molar-refractivity contribution < 1.29 is 13.9 Å². The highest BCUT2D eigenvalue weighted by molar-refractivity contribution is 5.68. The second kappa shape index (κ2) is 7.75. The summed E-state index contributed by atoms with van der Waals surface area (Å²) in [5.74, 6) is -0.901. The lowest BCUT2D eigenvalue weighted by atomic mass is 10.0. The highest BCUT2D eigenvalue weighted by Crippen LogP contribution is 2.28. The normalized spacial score (nSPS) is 11.7. The van der Waals surface area contributed by atoms with Crippen molar-refractivity contribution in [3.05, 3.63) is 66.3 Å². The summed E-state index contributed by atoms with van der Waals surface area (Å²) in [6, 6.07) is 6.06. The van der Waals surface area contributed by atoms with Gasteiger partial charge in [0.25, 0.3) is 0 Å². The number of nitrogens with zero attached hydrogens (tertiary/aromatic N) is 4. The molecule has 7 heteroatoms. The molecule has 0 aliphatic carbocycles. The number of fused-ring (bicyclic) bond motifs is 1. The van der Waals surface area contributed by atoms with Gasteiger partial charge in [-0.2, -0.15) is 5.10 Å². The number of halogens is 2. The topological polar surface area (TPSA) is 55.4 Å². The molecule has 3 aromatic heterocycles. The largest absolute Gasteiger partial charge is 0.391 e. The third kappa shape index (κ3) is 3.78. The van der Waals surface area contributed by atoms with Crippen molar-refractivity contribution in [1.82, 2.24) is 19.2 Å². The van der Waals surface area contributed by atoms with Crippen LogP contribution in [0.15, 0.2) is 49.1 Å². The van der Waals surface area contributed by atoms with Crippen LogP contribution in [-0.4, -0.2) is 24.3 Å². The van der Waals surface area contributed by atoms with E-state index in [1.54, 1.807) is 28.9 Å². The fraction of sp³-hybridized carbons (Fsp3) is 0.273. The molecule has 1 N–H and O–H groups in total. The Labute approximate surface area is 167 Å². The summed E-state index contributed by atoms with van der Waals surface area (Å²) in [5, 5.41) is 13.6. The first-order chi connectivity index (χ1) is 14.0. The Hall–Kier alpha value is -3.06. The molecule has 0 saturated heterocycles. The van der Waals surface area contributed by atoms with E-state index in [-0.39, 0.29) is 11.1 Å². The van der Waals surface area contributed by atoms with Gasteiger partial charge >= 0.3 is 0 Å². The predicted molar refractivity (Wildman–Crippen MR) is 107 cm³/mol. The molecule has 0 amide bonds. The Bertz CT molecular complexity index is 1160. The molecule has 0 radical (unpaired) electrons. The van der Waals surface area contributed by atoms with E-state index in [0.29, 0.717) is 17.1 Å². The van der Waals surface area contributed by atoms with Crippen molar-refractivity contribution in [2.24, 2.45) is 5.92 Å². The molecule has 1 aromatic carbocycles. The molecule has 5 nitrogen and oxygen atoms in total. The molecular weight excluding hydrogens is 374 g/mol. The van der Waals surface area contributed by atoms with E-state index in [9.17, 15) is 13.9 Å². The molecule has 4 rings (SSSR count). The van der Waals surface area contributed by atoms with Gasteiger partial charge in [0.1, 0.15) is 17.3 Å². The highest BCUT2D eigenvalue weighted by Gasteiger charge is 2.15. The van der Waals surface area contributed by atoms with Gasteiger partial charge < -0.3 is 9.51 Å². The van der Waals surface area contributed by atoms with Crippen LogP contribution in [0, 0.1) is 17.6 Å². The van der Waals surface area contributed by atoms with Crippen LogP contribution in [0.1, 0.15) is 25.8 Å². The quantitative estimate of drug-likeness (QED) is 0.515. The number of hydrogen-bond acceptors (Lipinski definition) is 3. The molecule has 0 spiro atoms. The second-order valence-electron chi connectivity index (χ2n) is 7.53. The number of hydrogen-bond donors (Lipinski definition) is 1. The van der Waals surface area contributed by atoms with Crippen molar-refractivity contribution >= 4 is 5.65 Å². The Balaban J connectivity index is 1.67. The number of imidazole rings is 1. The van der Waals surface area contributed by atoms with E-state index in [0.717, 1.165) is 24.2 Å². The van der Waals surface area contributed by atoms with Gasteiger partial charge in [0, 0.05) is 47.4 Å². The third-order valence-electron chi connectivity index (χ3n) is 4.97. The van der Waals surface area contributed by atoms with Gasteiger partial charge in [-0.15, -0.1) is 0 Å². The van der Waals surface area contributed by atoms with Crippen molar-refractivity contribution in [2.45, 2.75) is 33.4 Å². The summed E-state index contributed by atoms with van der Waals surface area (Å²) in [4.78, 5) is 4.61. The maximum atomic E-state index is 14.6. The number of rotatable bonds is 6. The molecule has 29 heavy (non-hydrogen) atoms. The smallest absolute Gasteiger partial charge is 0.139 e. The molecule has 0 fully saturated rings. The molecule has 0 bridgehead atoms. The SMILES string of the molecule is CC(C)CCn1cc(-c2cn3cc(-c4ccc(F)c(CO)c4F)ccc3n2)cn1. The number of aliphatic hydroxyl groups is 1. The van der Waals surface area contributed by atoms with Gasteiger partial charge in [-0.05, 0) is 36.6 Å². The monoisotopic (exact) mass is 396 g/mol. The van der Waals surface area contributed by atoms with Crippen LogP contribution in [0.3, 0.4) is 0 Å². The standard InChI is InChI=1S/C22H22F2N4O/c1-14(2)7-8-28-11-16(9-25-28)20-12-27-10-15(3-6-21(27)26-20)17-4-5-19(23)18(13-29)22(17)24/h3-6,9-12,14,29H,7-8,13H2,1-2H3. The first-order valence-corrected chi connectivity index (χ1v) is 9.56. The van der Waals surface area contributed by atoms with E-state index in [1.165, 1.54) is 12.1 Å². The van der Waals surface area contributed by atoms with Gasteiger partial charge in [0.05, 0.1) is 18.5 Å². The number of benzene rings is 1. The molecule has 150 valence electrons. The first kappa shape index (κ1) is 19.3. The Kier molecular flexibility index (Phi) is 5.15. The van der Waals surface area contributed by atoms with Crippen molar-refractivity contribution in [1.29, 1.82) is 0 Å². The lowest BCUT2D eigenvalue weighted by molar-refractivity contribution is 0.269. The van der Waals surface area contributed by atoms with E-state index >= 15 is 0 Å². The molecular formula is C22H22F2N4O. The van der Waals surface area contributed by atoms with Crippen molar-refractivity contribution in [2.75, 3.05) is 0 Å². The van der Waals surface area contributed by atoms with Crippen molar-refractivity contribution in [3.8, 4) is 22.4 Å². The van der Waals surface area contributed by atoms with Crippen LogP contribution in [0.4, 0.5) is 8.78 Å². The molecule has 0 aliphatic heterocycles. The molecule has 3 heterocycles. The molecule has 0 unspecified atom stereocenters. The van der Waals surface area contributed by atoms with Gasteiger partial charge in [-0.3, -0.25) is 4.68 Å². The Morgan fingerprint density at radius 3 is 2.62 bits per heavy atom. The highest BCUT2D eigenvalue weighted by atomic mass is 19.1. The van der Waals surface area contributed by atoms with Crippen LogP contribution in [-0.2, 0) is 13.2 Å². The van der Waals surface area contributed by atoms with Gasteiger partial charge in [0.15, 0.2) is 0 Å². The van der Waals surface area contributed by atoms with Crippen LogP contribution in [0.25, 0.3) is 28.0 Å². The van der Waals surface area contributed by atoms with Gasteiger partial charge in [0.2, 0.25) is 0 Å². The zero-order valence-corrected chi connectivity index (χ0v) is 16.3. The lowest BCUT2D eigenvalue weighted by Gasteiger charge is -2.08. The number of aliphatic hydroxyl groups excluding tert-OH is 1. The zero-order chi connectivity index (χ0) is 20.5. The van der Waals surface area contributed by atoms with Crippen LogP contribution >= 0.6 is 0 Å². The maximum absolute atomic E-state index is 14.6. The average Bonchev–Trinajstić information content (AvgIpc) is 3.33. The summed E-state index contributed by atoms with van der Waals surface area (Å²) >= 11 is 0. The van der Waals surface area contributed by atoms with E-state index in [2.05, 4.69) is 23.9 Å². The maximum Gasteiger partial charge on any atom is 0.139 e. The zero-order valence-electron chi connectivity index (χ0n) is 16.3. The average molecular weight is 396 g/mol. The number of aryl methyl sites for hydroxylation is 1. The van der Waals surface area contributed by atoms with E-state index < -0.39 is 18.2 Å². The molecule has 0 atom stereocenters. The first-order valence-electron chi connectivity index (χ1n) is 9.56. The lowest BCUT2D eigenvalue weighted by Crippen LogP contribution is -2.01. The number of aromatic nitrogens is 4. The number of pyridine rings is 1. The van der Waals surface area contributed by atoms with Crippen LogP contribution in [0.2, 0.25) is 0 Å². The summed E-state index contributed by atoms with van der Waals surface area (Å²) in [5.41, 5.74) is 2.87. The fourth-order valence-electron chi connectivity index (χ4n) is 3.26. The minimum Gasteiger partial charge on any atom is -0.391 e. The minimum atomic E-state index is -0.755. The molecule has 0 saturated carbocycles. The van der Waals surface area contributed by atoms with Crippen LogP contribution < -0.4 is 0 Å². The second-order valence-corrected chi connectivity index (χ2v) is 7.53. The van der Waals surface area contributed by atoms with Crippen LogP contribution in [0.5, 0.6) is 0 Å². The third-order valence-corrected chi connectivity index (χ3v) is 4.97. The fourth-order valence-corrected chi connectivity index (χ4v) is 3.26. The van der Waals surface area contributed by atoms with Gasteiger partial charge in [-0.1, -0.05) is 13.8 Å². The minimum absolute atomic E-state index is 0.231. The summed E-state index contributed by atoms with van der Waals surface area (Å²) in [6.45, 7) is 4.52. The Morgan fingerprint density at radius 2 is 1.86 bits per heavy atom. The predicted octanol–water partition coefficient (Wildman–Crippen LogP) is 4.68. The van der Waals surface area contributed by atoms with Gasteiger partial charge in [-0.25, -0.2) is 13.8 Å². The van der Waals surface area contributed by atoms with E-state index in [1.807, 2.05) is 17.1 Å². The Morgan fingerprint density at radius 1 is 1.03 bits per heavy atom. The summed E-state index contributed by atoms with van der Waals surface area (Å²) in [6.07, 6.45) is 8.41. The summed E-state index contributed by atoms with van der Waals surface area (Å²) in [7, 11) is 0.